The van der Waals surface area contributed by atoms with Crippen LogP contribution in [0.5, 0.6) is 0 Å². The van der Waals surface area contributed by atoms with Crippen LogP contribution in [0.1, 0.15) is 5.56 Å². The van der Waals surface area contributed by atoms with Gasteiger partial charge in [-0.3, -0.25) is 0 Å². The largest absolute Gasteiger partial charge is 0.334 e. The molecule has 86 valence electrons. The van der Waals surface area contributed by atoms with Crippen LogP contribution in [0.3, 0.4) is 0 Å². The van der Waals surface area contributed by atoms with Gasteiger partial charge in [-0.1, -0.05) is 6.07 Å². The van der Waals surface area contributed by atoms with Crippen LogP contribution in [-0.4, -0.2) is 22.0 Å². The van der Waals surface area contributed by atoms with Gasteiger partial charge >= 0.3 is 0 Å². The molecule has 2 rings (SSSR count). The summed E-state index contributed by atoms with van der Waals surface area (Å²) in [7, 11) is 1.86. The molecule has 1 heterocycles. The highest BCUT2D eigenvalue weighted by molar-refractivity contribution is 5.75. The molecule has 0 amide bonds. The minimum atomic E-state index is -2.84. The van der Waals surface area contributed by atoms with E-state index in [0.29, 0.717) is 5.56 Å². The standard InChI is InChI=1S/C11H13F2N3/c1-16-7-15-9-4-8(2-3-10(9)16)5-11(12,13)6-14/h2-4,7H,5-6,14H2,1H3. The summed E-state index contributed by atoms with van der Waals surface area (Å²) in [5.41, 5.74) is 7.22. The van der Waals surface area contributed by atoms with E-state index in [4.69, 9.17) is 5.73 Å². The number of rotatable bonds is 3. The Balaban J connectivity index is 2.33. The maximum Gasteiger partial charge on any atom is 0.264 e. The van der Waals surface area contributed by atoms with E-state index in [1.54, 1.807) is 24.5 Å². The molecular formula is C11H13F2N3. The third kappa shape index (κ3) is 2.04. The van der Waals surface area contributed by atoms with Gasteiger partial charge in [-0.25, -0.2) is 13.8 Å². The molecule has 5 heteroatoms. The van der Waals surface area contributed by atoms with Crippen molar-refractivity contribution in [2.75, 3.05) is 6.54 Å². The summed E-state index contributed by atoms with van der Waals surface area (Å²) in [6.07, 6.45) is 1.32. The Labute approximate surface area is 91.9 Å². The zero-order chi connectivity index (χ0) is 11.8. The highest BCUT2D eigenvalue weighted by atomic mass is 19.3. The van der Waals surface area contributed by atoms with Crippen LogP contribution in [0, 0.1) is 0 Å². The molecule has 16 heavy (non-hydrogen) atoms. The number of hydrogen-bond acceptors (Lipinski definition) is 2. The fourth-order valence-corrected chi connectivity index (χ4v) is 1.66. The molecule has 0 atom stereocenters. The van der Waals surface area contributed by atoms with Gasteiger partial charge in [-0.15, -0.1) is 0 Å². The smallest absolute Gasteiger partial charge is 0.264 e. The summed E-state index contributed by atoms with van der Waals surface area (Å²) in [5.74, 6) is -2.84. The maximum absolute atomic E-state index is 13.1. The molecule has 0 radical (unpaired) electrons. The average molecular weight is 225 g/mol. The van der Waals surface area contributed by atoms with Crippen LogP contribution in [0.4, 0.5) is 8.78 Å². The monoisotopic (exact) mass is 225 g/mol. The fraction of sp³-hybridized carbons (Fsp3) is 0.364. The van der Waals surface area contributed by atoms with Crippen LogP contribution in [0.2, 0.25) is 0 Å². The van der Waals surface area contributed by atoms with Gasteiger partial charge in [0.05, 0.1) is 23.9 Å². The minimum Gasteiger partial charge on any atom is -0.334 e. The van der Waals surface area contributed by atoms with E-state index in [0.717, 1.165) is 11.0 Å². The number of alkyl halides is 2. The first kappa shape index (κ1) is 11.0. The topological polar surface area (TPSA) is 43.8 Å². The van der Waals surface area contributed by atoms with E-state index in [-0.39, 0.29) is 6.42 Å². The maximum atomic E-state index is 13.1. The molecule has 0 bridgehead atoms. The van der Waals surface area contributed by atoms with Crippen molar-refractivity contribution in [1.29, 1.82) is 0 Å². The summed E-state index contributed by atoms with van der Waals surface area (Å²) in [4.78, 5) is 4.12. The number of fused-ring (bicyclic) bond motifs is 1. The lowest BCUT2D eigenvalue weighted by Crippen LogP contribution is -2.30. The quantitative estimate of drug-likeness (QED) is 0.864. The minimum absolute atomic E-state index is 0.337. The lowest BCUT2D eigenvalue weighted by atomic mass is 10.1. The Morgan fingerprint density at radius 1 is 1.44 bits per heavy atom. The third-order valence-electron chi connectivity index (χ3n) is 2.55. The number of nitrogens with two attached hydrogens (primary N) is 1. The summed E-state index contributed by atoms with van der Waals surface area (Å²) in [5, 5.41) is 0. The second-order valence-electron chi connectivity index (χ2n) is 3.92. The molecule has 3 nitrogen and oxygen atoms in total. The number of nitrogens with zero attached hydrogens (tertiary/aromatic N) is 2. The van der Waals surface area contributed by atoms with Crippen LogP contribution in [0.15, 0.2) is 24.5 Å². The van der Waals surface area contributed by atoms with Gasteiger partial charge < -0.3 is 10.3 Å². The Hall–Kier alpha value is -1.49. The van der Waals surface area contributed by atoms with Crippen molar-refractivity contribution in [3.8, 4) is 0 Å². The Bertz CT molecular complexity index is 505. The van der Waals surface area contributed by atoms with Gasteiger partial charge in [0.2, 0.25) is 0 Å². The molecule has 0 spiro atoms. The van der Waals surface area contributed by atoms with E-state index in [1.807, 2.05) is 11.6 Å². The summed E-state index contributed by atoms with van der Waals surface area (Å²) < 4.78 is 28.0. The van der Waals surface area contributed by atoms with Gasteiger partial charge in [0.15, 0.2) is 0 Å². The van der Waals surface area contributed by atoms with Crippen LogP contribution in [-0.2, 0) is 13.5 Å². The van der Waals surface area contributed by atoms with E-state index in [9.17, 15) is 8.78 Å². The highest BCUT2D eigenvalue weighted by Crippen LogP contribution is 2.21. The molecular weight excluding hydrogens is 212 g/mol. The van der Waals surface area contributed by atoms with Crippen molar-refractivity contribution in [3.63, 3.8) is 0 Å². The van der Waals surface area contributed by atoms with E-state index in [2.05, 4.69) is 4.98 Å². The van der Waals surface area contributed by atoms with Crippen molar-refractivity contribution >= 4 is 11.0 Å². The molecule has 1 aromatic carbocycles. The molecule has 0 unspecified atom stereocenters. The van der Waals surface area contributed by atoms with E-state index < -0.39 is 12.5 Å². The van der Waals surface area contributed by atoms with Gasteiger partial charge in [0.25, 0.3) is 5.92 Å². The average Bonchev–Trinajstić information content (AvgIpc) is 2.60. The molecule has 0 fully saturated rings. The van der Waals surface area contributed by atoms with E-state index >= 15 is 0 Å². The highest BCUT2D eigenvalue weighted by Gasteiger charge is 2.27. The summed E-state index contributed by atoms with van der Waals surface area (Å²) in [6.45, 7) is -0.632. The first-order valence-electron chi connectivity index (χ1n) is 5.00. The normalized spacial score (nSPS) is 12.2. The number of halogens is 2. The van der Waals surface area contributed by atoms with Gasteiger partial charge in [0.1, 0.15) is 0 Å². The molecule has 0 saturated carbocycles. The summed E-state index contributed by atoms with van der Waals surface area (Å²) in [6, 6.07) is 5.16. The molecule has 2 aromatic rings. The SMILES string of the molecule is Cn1cnc2cc(CC(F)(F)CN)ccc21. The van der Waals surface area contributed by atoms with Crippen molar-refractivity contribution < 1.29 is 8.78 Å². The van der Waals surface area contributed by atoms with E-state index in [1.165, 1.54) is 0 Å². The number of aromatic nitrogens is 2. The number of hydrogen-bond donors (Lipinski definition) is 1. The first-order chi connectivity index (χ1) is 7.52. The molecule has 0 aliphatic rings. The van der Waals surface area contributed by atoms with Gasteiger partial charge in [-0.2, -0.15) is 0 Å². The fourth-order valence-electron chi connectivity index (χ4n) is 1.66. The van der Waals surface area contributed by atoms with Crippen LogP contribution < -0.4 is 5.73 Å². The second kappa shape index (κ2) is 3.83. The Morgan fingerprint density at radius 3 is 2.88 bits per heavy atom. The molecule has 0 saturated heterocycles. The molecule has 0 aliphatic heterocycles. The Morgan fingerprint density at radius 2 is 2.19 bits per heavy atom. The van der Waals surface area contributed by atoms with Crippen molar-refractivity contribution in [3.05, 3.63) is 30.1 Å². The zero-order valence-corrected chi connectivity index (χ0v) is 8.95. The van der Waals surface area contributed by atoms with Crippen molar-refractivity contribution in [2.24, 2.45) is 12.8 Å². The zero-order valence-electron chi connectivity index (χ0n) is 8.95. The van der Waals surface area contributed by atoms with Gasteiger partial charge in [0, 0.05) is 13.5 Å². The molecule has 1 aromatic heterocycles. The first-order valence-corrected chi connectivity index (χ1v) is 5.00. The number of imidazole rings is 1. The lowest BCUT2D eigenvalue weighted by Gasteiger charge is -2.13. The van der Waals surface area contributed by atoms with Crippen LogP contribution >= 0.6 is 0 Å². The van der Waals surface area contributed by atoms with Gasteiger partial charge in [-0.05, 0) is 17.7 Å². The summed E-state index contributed by atoms with van der Waals surface area (Å²) >= 11 is 0. The predicted octanol–water partition coefficient (Wildman–Crippen LogP) is 1.71. The lowest BCUT2D eigenvalue weighted by molar-refractivity contribution is 0.0115. The molecule has 0 aliphatic carbocycles. The third-order valence-corrected chi connectivity index (χ3v) is 2.55. The molecule has 2 N–H and O–H groups in total. The van der Waals surface area contributed by atoms with Crippen molar-refractivity contribution in [1.82, 2.24) is 9.55 Å². The van der Waals surface area contributed by atoms with Crippen LogP contribution in [0.25, 0.3) is 11.0 Å². The van der Waals surface area contributed by atoms with Crippen molar-refractivity contribution in [2.45, 2.75) is 12.3 Å². The second-order valence-corrected chi connectivity index (χ2v) is 3.92. The predicted molar refractivity (Wildman–Crippen MR) is 58.4 cm³/mol. The number of benzene rings is 1. The number of aryl methyl sites for hydroxylation is 1. The Kier molecular flexibility index (Phi) is 2.63.